The van der Waals surface area contributed by atoms with Crippen molar-refractivity contribution in [3.05, 3.63) is 11.8 Å². The van der Waals surface area contributed by atoms with E-state index < -0.39 is 5.97 Å². The molecule has 6 nitrogen and oxygen atoms in total. The zero-order valence-corrected chi connectivity index (χ0v) is 9.85. The van der Waals surface area contributed by atoms with Gasteiger partial charge in [0, 0.05) is 13.0 Å². The molecule has 0 unspecified atom stereocenters. The van der Waals surface area contributed by atoms with E-state index in [-0.39, 0.29) is 5.92 Å². The predicted molar refractivity (Wildman–Crippen MR) is 59.3 cm³/mol. The summed E-state index contributed by atoms with van der Waals surface area (Å²) >= 11 is 0. The van der Waals surface area contributed by atoms with Crippen molar-refractivity contribution in [2.45, 2.75) is 45.2 Å². The van der Waals surface area contributed by atoms with Gasteiger partial charge in [-0.3, -0.25) is 4.79 Å². The van der Waals surface area contributed by atoms with E-state index in [0.29, 0.717) is 24.4 Å². The average Bonchev–Trinajstić information content (AvgIpc) is 2.73. The Kier molecular flexibility index (Phi) is 3.73. The second-order valence-corrected chi connectivity index (χ2v) is 4.48. The summed E-state index contributed by atoms with van der Waals surface area (Å²) in [7, 11) is 0. The van der Waals surface area contributed by atoms with Gasteiger partial charge >= 0.3 is 5.97 Å². The van der Waals surface area contributed by atoms with Crippen LogP contribution in [-0.2, 0) is 11.3 Å². The number of carbonyl (C=O) groups is 1. The van der Waals surface area contributed by atoms with Crippen molar-refractivity contribution < 1.29 is 14.3 Å². The fraction of sp³-hybridized carbons (Fsp3) is 0.727. The lowest BCUT2D eigenvalue weighted by molar-refractivity contribution is -0.142. The van der Waals surface area contributed by atoms with Gasteiger partial charge in [0.15, 0.2) is 0 Å². The van der Waals surface area contributed by atoms with Crippen LogP contribution in [0.2, 0.25) is 0 Å². The van der Waals surface area contributed by atoms with Crippen molar-refractivity contribution in [1.82, 2.24) is 15.5 Å². The van der Waals surface area contributed by atoms with E-state index in [1.165, 1.54) is 0 Å². The first-order valence-corrected chi connectivity index (χ1v) is 5.90. The normalized spacial score (nSPS) is 24.8. The largest absolute Gasteiger partial charge is 0.481 e. The molecule has 1 saturated carbocycles. The minimum absolute atomic E-state index is 0.168. The molecule has 1 aromatic heterocycles. The summed E-state index contributed by atoms with van der Waals surface area (Å²) in [6, 6.07) is 0.359. The van der Waals surface area contributed by atoms with E-state index in [1.54, 1.807) is 6.92 Å². The van der Waals surface area contributed by atoms with Crippen molar-refractivity contribution in [3.8, 4) is 0 Å². The summed E-state index contributed by atoms with van der Waals surface area (Å²) in [5.41, 5.74) is 0. The maximum Gasteiger partial charge on any atom is 0.306 e. The Morgan fingerprint density at radius 2 is 2.12 bits per heavy atom. The Morgan fingerprint density at radius 1 is 1.41 bits per heavy atom. The van der Waals surface area contributed by atoms with Gasteiger partial charge in [0.05, 0.1) is 12.5 Å². The van der Waals surface area contributed by atoms with E-state index in [0.717, 1.165) is 25.7 Å². The molecule has 0 aliphatic heterocycles. The van der Waals surface area contributed by atoms with Crippen LogP contribution < -0.4 is 5.32 Å². The number of aromatic nitrogens is 2. The van der Waals surface area contributed by atoms with Crippen LogP contribution in [-0.4, -0.2) is 27.3 Å². The highest BCUT2D eigenvalue weighted by atomic mass is 16.4. The average molecular weight is 239 g/mol. The Balaban J connectivity index is 1.73. The van der Waals surface area contributed by atoms with Crippen molar-refractivity contribution >= 4 is 5.97 Å². The summed E-state index contributed by atoms with van der Waals surface area (Å²) in [6.07, 6.45) is 3.28. The number of nitrogens with zero attached hydrogens (tertiary/aromatic N) is 2. The fourth-order valence-corrected chi connectivity index (χ4v) is 2.19. The Hall–Kier alpha value is -1.43. The number of carboxylic acids is 1. The molecule has 2 N–H and O–H groups in total. The zero-order valence-electron chi connectivity index (χ0n) is 9.85. The van der Waals surface area contributed by atoms with Crippen LogP contribution in [0, 0.1) is 12.8 Å². The Labute approximate surface area is 99.4 Å². The lowest BCUT2D eigenvalue weighted by Crippen LogP contribution is -2.34. The second kappa shape index (κ2) is 5.27. The smallest absolute Gasteiger partial charge is 0.306 e. The quantitative estimate of drug-likeness (QED) is 0.818. The standard InChI is InChI=1S/C11H17N3O3/c1-7-13-14-10(17-7)6-12-9-4-2-8(3-5-9)11(15)16/h8-9,12H,2-6H2,1H3,(H,15,16). The fourth-order valence-electron chi connectivity index (χ4n) is 2.19. The van der Waals surface area contributed by atoms with Gasteiger partial charge in [-0.15, -0.1) is 10.2 Å². The van der Waals surface area contributed by atoms with Crippen LogP contribution in [0.4, 0.5) is 0 Å². The van der Waals surface area contributed by atoms with Gasteiger partial charge in [-0.25, -0.2) is 0 Å². The molecular weight excluding hydrogens is 222 g/mol. The van der Waals surface area contributed by atoms with Crippen LogP contribution in [0.1, 0.15) is 37.5 Å². The monoisotopic (exact) mass is 239 g/mol. The molecule has 0 amide bonds. The molecule has 2 rings (SSSR count). The maximum atomic E-state index is 10.8. The number of hydrogen-bond acceptors (Lipinski definition) is 5. The van der Waals surface area contributed by atoms with Gasteiger partial charge in [-0.1, -0.05) is 0 Å². The highest BCUT2D eigenvalue weighted by Crippen LogP contribution is 2.24. The van der Waals surface area contributed by atoms with Gasteiger partial charge in [0.25, 0.3) is 0 Å². The molecule has 0 saturated heterocycles. The van der Waals surface area contributed by atoms with Gasteiger partial charge in [-0.2, -0.15) is 0 Å². The highest BCUT2D eigenvalue weighted by molar-refractivity contribution is 5.70. The Bertz CT molecular complexity index is 383. The number of aryl methyl sites for hydroxylation is 1. The molecule has 1 fully saturated rings. The third-order valence-electron chi connectivity index (χ3n) is 3.19. The summed E-state index contributed by atoms with van der Waals surface area (Å²) in [5.74, 6) is 0.314. The predicted octanol–water partition coefficient (Wildman–Crippen LogP) is 1.11. The number of carboxylic acid groups (broad SMARTS) is 1. The third-order valence-corrected chi connectivity index (χ3v) is 3.19. The third kappa shape index (κ3) is 3.26. The number of nitrogens with one attached hydrogen (secondary N) is 1. The molecule has 1 aromatic rings. The topological polar surface area (TPSA) is 88.2 Å². The number of hydrogen-bond donors (Lipinski definition) is 2. The van der Waals surface area contributed by atoms with Crippen LogP contribution in [0.5, 0.6) is 0 Å². The summed E-state index contributed by atoms with van der Waals surface area (Å²) in [4.78, 5) is 10.8. The first-order chi connectivity index (χ1) is 8.15. The molecule has 1 aliphatic rings. The second-order valence-electron chi connectivity index (χ2n) is 4.48. The molecule has 0 bridgehead atoms. The van der Waals surface area contributed by atoms with E-state index >= 15 is 0 Å². The van der Waals surface area contributed by atoms with Gasteiger partial charge in [-0.05, 0) is 25.7 Å². The van der Waals surface area contributed by atoms with Gasteiger partial charge in [0.1, 0.15) is 0 Å². The van der Waals surface area contributed by atoms with Crippen molar-refractivity contribution in [1.29, 1.82) is 0 Å². The summed E-state index contributed by atoms with van der Waals surface area (Å²) in [6.45, 7) is 2.32. The molecular formula is C11H17N3O3. The van der Waals surface area contributed by atoms with Crippen molar-refractivity contribution in [2.24, 2.45) is 5.92 Å². The molecule has 1 heterocycles. The molecule has 0 aromatic carbocycles. The van der Waals surface area contributed by atoms with E-state index in [1.807, 2.05) is 0 Å². The lowest BCUT2D eigenvalue weighted by Gasteiger charge is -2.26. The molecule has 17 heavy (non-hydrogen) atoms. The minimum Gasteiger partial charge on any atom is -0.481 e. The highest BCUT2D eigenvalue weighted by Gasteiger charge is 2.25. The van der Waals surface area contributed by atoms with E-state index in [4.69, 9.17) is 9.52 Å². The number of aliphatic carboxylic acids is 1. The summed E-state index contributed by atoms with van der Waals surface area (Å²) < 4.78 is 5.26. The SMILES string of the molecule is Cc1nnc(CNC2CCC(C(=O)O)CC2)o1. The lowest BCUT2D eigenvalue weighted by atomic mass is 9.86. The first-order valence-electron chi connectivity index (χ1n) is 5.90. The number of rotatable bonds is 4. The molecule has 1 aliphatic carbocycles. The van der Waals surface area contributed by atoms with Crippen LogP contribution in [0.3, 0.4) is 0 Å². The van der Waals surface area contributed by atoms with Crippen LogP contribution in [0.15, 0.2) is 4.42 Å². The van der Waals surface area contributed by atoms with Crippen LogP contribution in [0.25, 0.3) is 0 Å². The zero-order chi connectivity index (χ0) is 12.3. The van der Waals surface area contributed by atoms with Gasteiger partial charge in [0.2, 0.25) is 11.8 Å². The first kappa shape index (κ1) is 12.0. The molecule has 0 radical (unpaired) electrons. The Morgan fingerprint density at radius 3 is 2.65 bits per heavy atom. The molecule has 6 heteroatoms. The van der Waals surface area contributed by atoms with E-state index in [9.17, 15) is 4.79 Å². The van der Waals surface area contributed by atoms with E-state index in [2.05, 4.69) is 15.5 Å². The molecule has 0 spiro atoms. The minimum atomic E-state index is -0.670. The van der Waals surface area contributed by atoms with Crippen molar-refractivity contribution in [3.63, 3.8) is 0 Å². The molecule has 0 atom stereocenters. The van der Waals surface area contributed by atoms with Gasteiger partial charge < -0.3 is 14.8 Å². The van der Waals surface area contributed by atoms with Crippen molar-refractivity contribution in [2.75, 3.05) is 0 Å². The summed E-state index contributed by atoms with van der Waals surface area (Å²) in [5, 5.41) is 19.9. The maximum absolute atomic E-state index is 10.8. The molecule has 94 valence electrons. The van der Waals surface area contributed by atoms with Crippen LogP contribution >= 0.6 is 0 Å².